The summed E-state index contributed by atoms with van der Waals surface area (Å²) in [6.07, 6.45) is 0. The van der Waals surface area contributed by atoms with E-state index in [4.69, 9.17) is 46.4 Å². The van der Waals surface area contributed by atoms with Gasteiger partial charge < -0.3 is 0 Å². The minimum absolute atomic E-state index is 0.224. The lowest BCUT2D eigenvalue weighted by Gasteiger charge is -2.14. The van der Waals surface area contributed by atoms with E-state index < -0.39 is 17.4 Å². The molecular formula is C12H6Cl4O3S2. The van der Waals surface area contributed by atoms with Crippen molar-refractivity contribution in [1.29, 1.82) is 0 Å². The third-order valence-corrected chi connectivity index (χ3v) is 6.74. The quantitative estimate of drug-likeness (QED) is 0.537. The Morgan fingerprint density at radius 1 is 1.00 bits per heavy atom. The SMILES string of the molecule is O=S(=O)(O)c1cccc2cc3c(cc12)C(Cl)(Cl)SC3(Cl)Cl. The van der Waals surface area contributed by atoms with Crippen LogP contribution in [0.25, 0.3) is 10.8 Å². The fourth-order valence-corrected chi connectivity index (χ4v) is 6.35. The van der Waals surface area contributed by atoms with E-state index in [1.54, 1.807) is 12.1 Å². The third kappa shape index (κ3) is 2.63. The maximum absolute atomic E-state index is 11.5. The lowest BCUT2D eigenvalue weighted by Crippen LogP contribution is -2.03. The van der Waals surface area contributed by atoms with Crippen molar-refractivity contribution in [2.24, 2.45) is 0 Å². The van der Waals surface area contributed by atoms with Gasteiger partial charge in [-0.05, 0) is 23.6 Å². The van der Waals surface area contributed by atoms with Gasteiger partial charge in [0.25, 0.3) is 10.1 Å². The molecule has 3 nitrogen and oxygen atoms in total. The summed E-state index contributed by atoms with van der Waals surface area (Å²) in [6.45, 7) is 0. The molecule has 0 aliphatic carbocycles. The van der Waals surface area contributed by atoms with Crippen LogP contribution in [-0.2, 0) is 17.4 Å². The Balaban J connectivity index is 2.43. The van der Waals surface area contributed by atoms with Gasteiger partial charge in [0.05, 0.1) is 0 Å². The van der Waals surface area contributed by atoms with Crippen molar-refractivity contribution in [3.63, 3.8) is 0 Å². The van der Waals surface area contributed by atoms with Gasteiger partial charge in [-0.3, -0.25) is 4.55 Å². The molecule has 1 aliphatic heterocycles. The summed E-state index contributed by atoms with van der Waals surface area (Å²) >= 11 is 25.7. The molecule has 1 aliphatic rings. The first-order chi connectivity index (χ1) is 9.52. The Hall–Kier alpha value is 0.120. The van der Waals surface area contributed by atoms with Crippen molar-refractivity contribution in [2.75, 3.05) is 0 Å². The Labute approximate surface area is 145 Å². The van der Waals surface area contributed by atoms with Crippen LogP contribution < -0.4 is 0 Å². The number of alkyl halides is 4. The van der Waals surface area contributed by atoms with Gasteiger partial charge >= 0.3 is 0 Å². The van der Waals surface area contributed by atoms with Gasteiger partial charge in [-0.15, -0.1) is 0 Å². The van der Waals surface area contributed by atoms with Crippen molar-refractivity contribution in [2.45, 2.75) is 12.2 Å². The minimum Gasteiger partial charge on any atom is -0.282 e. The highest BCUT2D eigenvalue weighted by Crippen LogP contribution is 2.66. The Morgan fingerprint density at radius 2 is 1.57 bits per heavy atom. The topological polar surface area (TPSA) is 54.4 Å². The van der Waals surface area contributed by atoms with Gasteiger partial charge in [0.2, 0.25) is 0 Å². The van der Waals surface area contributed by atoms with Crippen molar-refractivity contribution < 1.29 is 13.0 Å². The lowest BCUT2D eigenvalue weighted by molar-refractivity contribution is 0.484. The number of benzene rings is 2. The summed E-state index contributed by atoms with van der Waals surface area (Å²) in [5.41, 5.74) is 0.908. The molecule has 0 atom stereocenters. The fourth-order valence-electron chi connectivity index (χ4n) is 2.27. The zero-order valence-electron chi connectivity index (χ0n) is 9.98. The molecule has 1 N–H and O–H groups in total. The second-order valence-corrected chi connectivity index (χ2v) is 10.9. The second-order valence-electron chi connectivity index (χ2n) is 4.49. The van der Waals surface area contributed by atoms with E-state index in [0.29, 0.717) is 21.9 Å². The van der Waals surface area contributed by atoms with Crippen LogP contribution in [0.3, 0.4) is 0 Å². The zero-order valence-corrected chi connectivity index (χ0v) is 14.6. The largest absolute Gasteiger partial charge is 0.295 e. The highest BCUT2D eigenvalue weighted by molar-refractivity contribution is 8.06. The molecule has 0 bridgehead atoms. The first kappa shape index (κ1) is 16.0. The number of fused-ring (bicyclic) bond motifs is 2. The number of hydrogen-bond donors (Lipinski definition) is 1. The number of rotatable bonds is 1. The van der Waals surface area contributed by atoms with Crippen LogP contribution >= 0.6 is 58.2 Å². The van der Waals surface area contributed by atoms with Crippen LogP contribution in [0.5, 0.6) is 0 Å². The van der Waals surface area contributed by atoms with Crippen molar-refractivity contribution >= 4 is 79.1 Å². The van der Waals surface area contributed by atoms with Crippen molar-refractivity contribution in [1.82, 2.24) is 0 Å². The van der Waals surface area contributed by atoms with Gasteiger partial charge in [-0.2, -0.15) is 8.42 Å². The first-order valence-electron chi connectivity index (χ1n) is 5.53. The summed E-state index contributed by atoms with van der Waals surface area (Å²) in [5.74, 6) is 0. The molecule has 2 aromatic carbocycles. The molecule has 21 heavy (non-hydrogen) atoms. The molecule has 0 saturated carbocycles. The molecule has 0 saturated heterocycles. The predicted molar refractivity (Wildman–Crippen MR) is 88.1 cm³/mol. The Bertz CT molecular complexity index is 862. The summed E-state index contributed by atoms with van der Waals surface area (Å²) in [6, 6.07) is 7.61. The van der Waals surface area contributed by atoms with Crippen LogP contribution in [0.4, 0.5) is 0 Å². The average Bonchev–Trinajstić information content (AvgIpc) is 2.51. The van der Waals surface area contributed by atoms with E-state index in [-0.39, 0.29) is 4.90 Å². The molecule has 0 aromatic heterocycles. The normalized spacial score (nSPS) is 19.7. The molecule has 1 heterocycles. The van der Waals surface area contributed by atoms with E-state index >= 15 is 0 Å². The summed E-state index contributed by atoms with van der Waals surface area (Å²) < 4.78 is 29.5. The molecule has 0 spiro atoms. The third-order valence-electron chi connectivity index (χ3n) is 3.14. The predicted octanol–water partition coefficient (Wildman–Crippen LogP) is 5.01. The van der Waals surface area contributed by atoms with Crippen LogP contribution in [0.15, 0.2) is 35.2 Å². The highest BCUT2D eigenvalue weighted by Gasteiger charge is 2.50. The van der Waals surface area contributed by atoms with E-state index in [1.807, 2.05) is 0 Å². The lowest BCUT2D eigenvalue weighted by atomic mass is 10.0. The van der Waals surface area contributed by atoms with E-state index in [2.05, 4.69) is 0 Å². The fraction of sp³-hybridized carbons (Fsp3) is 0.167. The molecule has 112 valence electrons. The average molecular weight is 404 g/mol. The van der Waals surface area contributed by atoms with E-state index in [0.717, 1.165) is 11.8 Å². The monoisotopic (exact) mass is 402 g/mol. The number of hydrogen-bond acceptors (Lipinski definition) is 3. The van der Waals surface area contributed by atoms with Crippen LogP contribution in [0, 0.1) is 0 Å². The molecule has 0 amide bonds. The van der Waals surface area contributed by atoms with Gasteiger partial charge in [-0.25, -0.2) is 0 Å². The molecule has 9 heteroatoms. The van der Waals surface area contributed by atoms with Gasteiger partial charge in [0, 0.05) is 16.5 Å². The molecule has 0 radical (unpaired) electrons. The number of thioether (sulfide) groups is 1. The number of halogens is 4. The van der Waals surface area contributed by atoms with Crippen molar-refractivity contribution in [3.05, 3.63) is 41.5 Å². The minimum atomic E-state index is -4.37. The van der Waals surface area contributed by atoms with Gasteiger partial charge in [0.15, 0.2) is 7.33 Å². The smallest absolute Gasteiger partial charge is 0.282 e. The van der Waals surface area contributed by atoms with Crippen LogP contribution in [0.2, 0.25) is 0 Å². The molecule has 2 aromatic rings. The summed E-state index contributed by atoms with van der Waals surface area (Å²) in [7, 11) is -4.37. The Kier molecular flexibility index (Phi) is 3.66. The zero-order chi connectivity index (χ0) is 15.6. The maximum atomic E-state index is 11.5. The Morgan fingerprint density at radius 3 is 2.14 bits per heavy atom. The van der Waals surface area contributed by atoms with E-state index in [9.17, 15) is 13.0 Å². The summed E-state index contributed by atoms with van der Waals surface area (Å²) in [5, 5.41) is 0.859. The molecular weight excluding hydrogens is 398 g/mol. The van der Waals surface area contributed by atoms with Gasteiger partial charge in [0.1, 0.15) is 4.90 Å². The maximum Gasteiger partial charge on any atom is 0.295 e. The van der Waals surface area contributed by atoms with Crippen molar-refractivity contribution in [3.8, 4) is 0 Å². The summed E-state index contributed by atoms with van der Waals surface area (Å²) in [4.78, 5) is -0.224. The highest BCUT2D eigenvalue weighted by atomic mass is 35.5. The standard InChI is InChI=1S/C12H6Cl4O3S2/c13-11(14)8-4-6-2-1-3-10(21(17,18)19)7(6)5-9(8)12(15,16)20-11/h1-5H,(H,17,18,19). The van der Waals surface area contributed by atoms with Crippen LogP contribution in [-0.4, -0.2) is 13.0 Å². The molecule has 0 fully saturated rings. The molecule has 0 unspecified atom stereocenters. The van der Waals surface area contributed by atoms with Gasteiger partial charge in [-0.1, -0.05) is 70.3 Å². The molecule has 3 rings (SSSR count). The first-order valence-corrected chi connectivity index (χ1v) is 9.30. The van der Waals surface area contributed by atoms with E-state index in [1.165, 1.54) is 18.2 Å². The second kappa shape index (κ2) is 4.81. The van der Waals surface area contributed by atoms with Crippen LogP contribution in [0.1, 0.15) is 11.1 Å².